The fourth-order valence-corrected chi connectivity index (χ4v) is 2.65. The molecule has 0 spiro atoms. The molecule has 0 fully saturated rings. The van der Waals surface area contributed by atoms with Gasteiger partial charge in [-0.05, 0) is 36.8 Å². The fourth-order valence-electron chi connectivity index (χ4n) is 2.40. The number of nitrogens with zero attached hydrogens (tertiary/aromatic N) is 1. The normalized spacial score (nSPS) is 10.4. The second-order valence-corrected chi connectivity index (χ2v) is 6.02. The van der Waals surface area contributed by atoms with Crippen LogP contribution >= 0.6 is 11.6 Å². The molecule has 3 aromatic rings. The SMILES string of the molecule is Cc1ccccc1Oc1ncccc1CNC(=O)c1c(F)cccc1Cl. The van der Waals surface area contributed by atoms with E-state index in [1.54, 1.807) is 18.3 Å². The van der Waals surface area contributed by atoms with Crippen molar-refractivity contribution in [2.75, 3.05) is 0 Å². The van der Waals surface area contributed by atoms with Crippen molar-refractivity contribution in [2.24, 2.45) is 0 Å². The Bertz CT molecular complexity index is 926. The van der Waals surface area contributed by atoms with Crippen LogP contribution in [0.4, 0.5) is 4.39 Å². The standard InChI is InChI=1S/C20H16ClFN2O2/c1-13-6-2-3-10-17(13)26-20-14(7-5-11-23-20)12-24-19(25)18-15(21)8-4-9-16(18)22/h2-11H,12H2,1H3,(H,24,25). The Balaban J connectivity index is 1.77. The Morgan fingerprint density at radius 3 is 2.73 bits per heavy atom. The first-order valence-corrected chi connectivity index (χ1v) is 8.33. The van der Waals surface area contributed by atoms with E-state index < -0.39 is 11.7 Å². The highest BCUT2D eigenvalue weighted by molar-refractivity contribution is 6.33. The van der Waals surface area contributed by atoms with Crippen LogP contribution in [0.5, 0.6) is 11.6 Å². The molecule has 1 amide bonds. The average molecular weight is 371 g/mol. The number of para-hydroxylation sites is 1. The van der Waals surface area contributed by atoms with E-state index >= 15 is 0 Å². The van der Waals surface area contributed by atoms with Gasteiger partial charge in [0.1, 0.15) is 11.6 Å². The summed E-state index contributed by atoms with van der Waals surface area (Å²) in [6.07, 6.45) is 1.60. The van der Waals surface area contributed by atoms with Crippen LogP contribution in [-0.4, -0.2) is 10.9 Å². The lowest BCUT2D eigenvalue weighted by atomic mass is 10.2. The summed E-state index contributed by atoms with van der Waals surface area (Å²) in [6, 6.07) is 15.2. The molecule has 4 nitrogen and oxygen atoms in total. The van der Waals surface area contributed by atoms with Crippen LogP contribution in [0.15, 0.2) is 60.8 Å². The number of aryl methyl sites for hydroxylation is 1. The monoisotopic (exact) mass is 370 g/mol. The number of nitrogens with one attached hydrogen (secondary N) is 1. The Morgan fingerprint density at radius 2 is 1.96 bits per heavy atom. The Kier molecular flexibility index (Phi) is 5.49. The van der Waals surface area contributed by atoms with E-state index in [2.05, 4.69) is 10.3 Å². The van der Waals surface area contributed by atoms with Gasteiger partial charge in [-0.25, -0.2) is 9.37 Å². The van der Waals surface area contributed by atoms with Gasteiger partial charge < -0.3 is 10.1 Å². The molecule has 1 N–H and O–H groups in total. The van der Waals surface area contributed by atoms with Gasteiger partial charge in [-0.1, -0.05) is 41.9 Å². The Labute approximate surface area is 155 Å². The number of carbonyl (C=O) groups excluding carboxylic acids is 1. The molecule has 0 aliphatic carbocycles. The van der Waals surface area contributed by atoms with E-state index in [4.69, 9.17) is 16.3 Å². The molecule has 0 unspecified atom stereocenters. The zero-order valence-electron chi connectivity index (χ0n) is 14.0. The second kappa shape index (κ2) is 7.97. The molecular formula is C20H16ClFN2O2. The lowest BCUT2D eigenvalue weighted by molar-refractivity contribution is 0.0947. The summed E-state index contributed by atoms with van der Waals surface area (Å²) in [5.41, 5.74) is 1.45. The maximum absolute atomic E-state index is 13.9. The van der Waals surface area contributed by atoms with Crippen molar-refractivity contribution in [1.29, 1.82) is 0 Å². The second-order valence-electron chi connectivity index (χ2n) is 5.61. The molecule has 0 radical (unpaired) electrons. The molecule has 0 aliphatic rings. The molecule has 0 bridgehead atoms. The maximum atomic E-state index is 13.9. The van der Waals surface area contributed by atoms with E-state index in [1.165, 1.54) is 18.2 Å². The van der Waals surface area contributed by atoms with Crippen molar-refractivity contribution in [3.8, 4) is 11.6 Å². The highest BCUT2D eigenvalue weighted by Gasteiger charge is 2.16. The van der Waals surface area contributed by atoms with Gasteiger partial charge >= 0.3 is 0 Å². The van der Waals surface area contributed by atoms with Crippen LogP contribution in [-0.2, 0) is 6.54 Å². The molecule has 1 aromatic heterocycles. The van der Waals surface area contributed by atoms with Gasteiger partial charge in [0, 0.05) is 18.3 Å². The van der Waals surface area contributed by atoms with E-state index in [-0.39, 0.29) is 17.1 Å². The third-order valence-electron chi connectivity index (χ3n) is 3.78. The third kappa shape index (κ3) is 4.00. The molecule has 0 atom stereocenters. The quantitative estimate of drug-likeness (QED) is 0.694. The van der Waals surface area contributed by atoms with E-state index in [0.29, 0.717) is 17.2 Å². The van der Waals surface area contributed by atoms with Crippen molar-refractivity contribution in [3.05, 3.63) is 88.3 Å². The van der Waals surface area contributed by atoms with Gasteiger partial charge in [0.05, 0.1) is 10.6 Å². The van der Waals surface area contributed by atoms with Crippen molar-refractivity contribution >= 4 is 17.5 Å². The number of benzene rings is 2. The fraction of sp³-hybridized carbons (Fsp3) is 0.100. The van der Waals surface area contributed by atoms with Gasteiger partial charge in [-0.2, -0.15) is 0 Å². The first-order chi connectivity index (χ1) is 12.6. The molecule has 3 rings (SSSR count). The van der Waals surface area contributed by atoms with Crippen LogP contribution in [0.2, 0.25) is 5.02 Å². The molecule has 2 aromatic carbocycles. The van der Waals surface area contributed by atoms with Gasteiger partial charge in [0.25, 0.3) is 5.91 Å². The molecule has 0 saturated heterocycles. The minimum absolute atomic E-state index is 0.0603. The molecule has 1 heterocycles. The summed E-state index contributed by atoms with van der Waals surface area (Å²) < 4.78 is 19.7. The maximum Gasteiger partial charge on any atom is 0.256 e. The van der Waals surface area contributed by atoms with Crippen LogP contribution < -0.4 is 10.1 Å². The van der Waals surface area contributed by atoms with E-state index in [1.807, 2.05) is 31.2 Å². The number of halogens is 2. The summed E-state index contributed by atoms with van der Waals surface area (Å²) in [5.74, 6) is -0.214. The molecular weight excluding hydrogens is 355 g/mol. The number of aromatic nitrogens is 1. The lowest BCUT2D eigenvalue weighted by Crippen LogP contribution is -2.24. The Hall–Kier alpha value is -2.92. The zero-order valence-corrected chi connectivity index (χ0v) is 14.8. The van der Waals surface area contributed by atoms with Gasteiger partial charge in [-0.15, -0.1) is 0 Å². The molecule has 26 heavy (non-hydrogen) atoms. The van der Waals surface area contributed by atoms with E-state index in [0.717, 1.165) is 5.56 Å². The first kappa shape index (κ1) is 17.9. The third-order valence-corrected chi connectivity index (χ3v) is 4.09. The topological polar surface area (TPSA) is 51.2 Å². The van der Waals surface area contributed by atoms with Crippen LogP contribution in [0.1, 0.15) is 21.5 Å². The minimum atomic E-state index is -0.669. The van der Waals surface area contributed by atoms with E-state index in [9.17, 15) is 9.18 Å². The zero-order chi connectivity index (χ0) is 18.5. The number of rotatable bonds is 5. The van der Waals surface area contributed by atoms with Gasteiger partial charge in [0.15, 0.2) is 0 Å². The predicted molar refractivity (Wildman–Crippen MR) is 98.1 cm³/mol. The average Bonchev–Trinajstić information content (AvgIpc) is 2.63. The molecule has 0 aliphatic heterocycles. The van der Waals surface area contributed by atoms with Gasteiger partial charge in [-0.3, -0.25) is 4.79 Å². The lowest BCUT2D eigenvalue weighted by Gasteiger charge is -2.12. The summed E-state index contributed by atoms with van der Waals surface area (Å²) >= 11 is 5.92. The molecule has 0 saturated carbocycles. The smallest absolute Gasteiger partial charge is 0.256 e. The van der Waals surface area contributed by atoms with Crippen LogP contribution in [0, 0.1) is 12.7 Å². The first-order valence-electron chi connectivity index (χ1n) is 7.96. The van der Waals surface area contributed by atoms with Crippen molar-refractivity contribution in [3.63, 3.8) is 0 Å². The van der Waals surface area contributed by atoms with Crippen molar-refractivity contribution < 1.29 is 13.9 Å². The number of carbonyl (C=O) groups is 1. The molecule has 132 valence electrons. The number of hydrogen-bond acceptors (Lipinski definition) is 3. The Morgan fingerprint density at radius 1 is 1.15 bits per heavy atom. The summed E-state index contributed by atoms with van der Waals surface area (Å²) in [4.78, 5) is 16.5. The summed E-state index contributed by atoms with van der Waals surface area (Å²) in [6.45, 7) is 2.05. The predicted octanol–water partition coefficient (Wildman–Crippen LogP) is 4.90. The van der Waals surface area contributed by atoms with Crippen LogP contribution in [0.3, 0.4) is 0 Å². The highest BCUT2D eigenvalue weighted by Crippen LogP contribution is 2.26. The van der Waals surface area contributed by atoms with Crippen molar-refractivity contribution in [1.82, 2.24) is 10.3 Å². The highest BCUT2D eigenvalue weighted by atomic mass is 35.5. The summed E-state index contributed by atoms with van der Waals surface area (Å²) in [7, 11) is 0. The summed E-state index contributed by atoms with van der Waals surface area (Å²) in [5, 5.41) is 2.71. The largest absolute Gasteiger partial charge is 0.438 e. The number of pyridine rings is 1. The van der Waals surface area contributed by atoms with Crippen molar-refractivity contribution in [2.45, 2.75) is 13.5 Å². The van der Waals surface area contributed by atoms with Gasteiger partial charge in [0.2, 0.25) is 5.88 Å². The number of hydrogen-bond donors (Lipinski definition) is 1. The van der Waals surface area contributed by atoms with Crippen LogP contribution in [0.25, 0.3) is 0 Å². The molecule has 6 heteroatoms. The number of ether oxygens (including phenoxy) is 1. The number of amides is 1. The minimum Gasteiger partial charge on any atom is -0.438 e.